The van der Waals surface area contributed by atoms with E-state index >= 15 is 0 Å². The first kappa shape index (κ1) is 35.6. The predicted molar refractivity (Wildman–Crippen MR) is 180 cm³/mol. The van der Waals surface area contributed by atoms with Crippen molar-refractivity contribution >= 4 is 63.1 Å². The summed E-state index contributed by atoms with van der Waals surface area (Å²) in [4.78, 5) is 38.5. The van der Waals surface area contributed by atoms with Crippen molar-refractivity contribution in [2.75, 3.05) is 23.8 Å². The van der Waals surface area contributed by atoms with E-state index in [1.807, 2.05) is 24.3 Å². The molecule has 2 amide bonds. The predicted octanol–water partition coefficient (Wildman–Crippen LogP) is 7.06. The highest BCUT2D eigenvalue weighted by Crippen LogP contribution is 2.26. The molecule has 9 nitrogen and oxygen atoms in total. The summed E-state index contributed by atoms with van der Waals surface area (Å²) in [5.74, 6) is -1.96. The Hall–Kier alpha value is -4.28. The number of hydrogen-bond acceptors (Lipinski definition) is 6. The number of carbonyl (C=O) groups excluding carboxylic acids is 3. The Morgan fingerprint density at radius 1 is 0.809 bits per heavy atom. The van der Waals surface area contributed by atoms with Gasteiger partial charge in [0.2, 0.25) is 0 Å². The third-order valence-corrected chi connectivity index (χ3v) is 8.28. The van der Waals surface area contributed by atoms with E-state index in [0.29, 0.717) is 35.5 Å². The number of rotatable bonds is 13. The molecule has 0 fully saturated rings. The molecule has 4 rings (SSSR count). The minimum Gasteiger partial charge on any atom is -0.484 e. The quantitative estimate of drug-likeness (QED) is 0.125. The van der Waals surface area contributed by atoms with Crippen LogP contribution in [0.15, 0.2) is 95.9 Å². The molecule has 4 aromatic carbocycles. The molecular formula is C33H29F3IN3O6S. The molecule has 0 saturated heterocycles. The monoisotopic (exact) mass is 779 g/mol. The van der Waals surface area contributed by atoms with Crippen molar-refractivity contribution in [3.05, 3.63) is 119 Å². The van der Waals surface area contributed by atoms with E-state index in [1.165, 1.54) is 47.3 Å². The van der Waals surface area contributed by atoms with Gasteiger partial charge in [-0.15, -0.1) is 0 Å². The molecule has 4 aromatic rings. The number of nitrogens with one attached hydrogen (secondary N) is 3. The van der Waals surface area contributed by atoms with E-state index in [-0.39, 0.29) is 22.6 Å². The molecule has 14 heteroatoms. The topological polar surface area (TPSA) is 123 Å². The van der Waals surface area contributed by atoms with Crippen LogP contribution in [0.25, 0.3) is 0 Å². The molecule has 0 bridgehead atoms. The molecule has 3 N–H and O–H groups in total. The van der Waals surface area contributed by atoms with E-state index < -0.39 is 41.6 Å². The minimum atomic E-state index is -4.60. The summed E-state index contributed by atoms with van der Waals surface area (Å²) in [7, 11) is -1.54. The maximum Gasteiger partial charge on any atom is 0.422 e. The van der Waals surface area contributed by atoms with Gasteiger partial charge < -0.3 is 18.4 Å². The molecular weight excluding hydrogens is 750 g/mol. The molecule has 0 spiro atoms. The molecule has 246 valence electrons. The van der Waals surface area contributed by atoms with Gasteiger partial charge in [-0.25, -0.2) is 13.7 Å². The zero-order chi connectivity index (χ0) is 34.0. The molecule has 0 aliphatic rings. The van der Waals surface area contributed by atoms with Crippen LogP contribution in [0, 0.1) is 0 Å². The van der Waals surface area contributed by atoms with E-state index in [4.69, 9.17) is 4.74 Å². The van der Waals surface area contributed by atoms with Gasteiger partial charge in [-0.05, 0) is 84.6 Å². The van der Waals surface area contributed by atoms with Crippen LogP contribution in [0.5, 0.6) is 5.75 Å². The van der Waals surface area contributed by atoms with E-state index in [1.54, 1.807) is 43.3 Å². The highest BCUT2D eigenvalue weighted by Gasteiger charge is 2.29. The second-order valence-corrected chi connectivity index (χ2v) is 11.8. The Morgan fingerprint density at radius 2 is 1.47 bits per heavy atom. The minimum absolute atomic E-state index is 0.0273. The molecule has 0 aliphatic carbocycles. The van der Waals surface area contributed by atoms with Gasteiger partial charge >= 0.3 is 12.1 Å². The number of aryl methyl sites for hydroxylation is 2. The lowest BCUT2D eigenvalue weighted by Gasteiger charge is -2.15. The fraction of sp³-hybridized carbons (Fsp3) is 0.182. The van der Waals surface area contributed by atoms with Crippen molar-refractivity contribution < 1.29 is 39.6 Å². The standard InChI is InChI=1S/C33H29F3IN3O6S/c1-2-38-47(44)27-5-3-4-24(18-27)30(41)40-29-17-16-26(45-20-33(34,35)36)19-28(29)31(42)39-25-14-10-22(11-15-25)7-6-21-8-12-23(13-9-21)32(43)46-37/h3-5,8-19,38H,2,6-7,20H2,1H3,(H,39,42)(H,40,41). The Morgan fingerprint density at radius 3 is 2.09 bits per heavy atom. The molecule has 1 unspecified atom stereocenters. The number of amides is 2. The zero-order valence-corrected chi connectivity index (χ0v) is 27.8. The first-order chi connectivity index (χ1) is 22.5. The summed E-state index contributed by atoms with van der Waals surface area (Å²) in [5, 5.41) is 5.33. The molecule has 47 heavy (non-hydrogen) atoms. The second kappa shape index (κ2) is 16.5. The third kappa shape index (κ3) is 10.6. The number of ether oxygens (including phenoxy) is 1. The lowest BCUT2D eigenvalue weighted by Crippen LogP contribution is -2.21. The van der Waals surface area contributed by atoms with Gasteiger partial charge in [0, 0.05) is 17.8 Å². The van der Waals surface area contributed by atoms with Crippen LogP contribution >= 0.6 is 23.0 Å². The average Bonchev–Trinajstić information content (AvgIpc) is 3.07. The Bertz CT molecular complexity index is 1750. The smallest absolute Gasteiger partial charge is 0.422 e. The van der Waals surface area contributed by atoms with Gasteiger partial charge in [0.25, 0.3) is 11.8 Å². The lowest BCUT2D eigenvalue weighted by molar-refractivity contribution is -0.153. The van der Waals surface area contributed by atoms with Crippen LogP contribution in [-0.4, -0.2) is 41.3 Å². The Kier molecular flexibility index (Phi) is 12.5. The summed E-state index contributed by atoms with van der Waals surface area (Å²) in [6.07, 6.45) is -3.21. The number of alkyl halides is 3. The number of benzene rings is 4. The number of hydrogen-bond donors (Lipinski definition) is 3. The molecule has 0 aromatic heterocycles. The van der Waals surface area contributed by atoms with Crippen molar-refractivity contribution in [2.24, 2.45) is 0 Å². The van der Waals surface area contributed by atoms with Crippen molar-refractivity contribution in [1.82, 2.24) is 4.72 Å². The van der Waals surface area contributed by atoms with E-state index in [9.17, 15) is 31.8 Å². The largest absolute Gasteiger partial charge is 0.484 e. The van der Waals surface area contributed by atoms with Crippen molar-refractivity contribution in [3.63, 3.8) is 0 Å². The normalized spacial score (nSPS) is 11.8. The molecule has 0 heterocycles. The van der Waals surface area contributed by atoms with Crippen LogP contribution in [0.3, 0.4) is 0 Å². The maximum absolute atomic E-state index is 13.4. The average molecular weight is 780 g/mol. The van der Waals surface area contributed by atoms with Crippen LogP contribution in [0.1, 0.15) is 49.1 Å². The summed E-state index contributed by atoms with van der Waals surface area (Å²) < 4.78 is 63.0. The van der Waals surface area contributed by atoms with Crippen molar-refractivity contribution in [2.45, 2.75) is 30.8 Å². The molecule has 0 saturated carbocycles. The first-order valence-corrected chi connectivity index (χ1v) is 16.2. The number of halogens is 4. The van der Waals surface area contributed by atoms with Crippen LogP contribution in [-0.2, 0) is 26.9 Å². The SMILES string of the molecule is CCNS(=O)c1cccc(C(=O)Nc2ccc(OCC(F)(F)F)cc2C(=O)Nc2ccc(CCc3ccc(C(=O)OI)cc3)cc2)c1. The molecule has 1 atom stereocenters. The van der Waals surface area contributed by atoms with Crippen LogP contribution in [0.4, 0.5) is 24.5 Å². The third-order valence-electron chi connectivity index (χ3n) is 6.65. The zero-order valence-electron chi connectivity index (χ0n) is 24.9. The van der Waals surface area contributed by atoms with Gasteiger partial charge in [0.1, 0.15) is 16.7 Å². The van der Waals surface area contributed by atoms with Gasteiger partial charge in [-0.3, -0.25) is 9.59 Å². The van der Waals surface area contributed by atoms with E-state index in [2.05, 4.69) is 18.4 Å². The van der Waals surface area contributed by atoms with Crippen LogP contribution in [0.2, 0.25) is 0 Å². The van der Waals surface area contributed by atoms with Gasteiger partial charge in [0.05, 0.1) is 21.7 Å². The number of anilines is 2. The first-order valence-electron chi connectivity index (χ1n) is 14.2. The number of carbonyl (C=O) groups is 3. The van der Waals surface area contributed by atoms with Crippen LogP contribution < -0.4 is 20.1 Å². The fourth-order valence-corrected chi connectivity index (χ4v) is 5.45. The van der Waals surface area contributed by atoms with E-state index in [0.717, 1.165) is 17.2 Å². The van der Waals surface area contributed by atoms with Gasteiger partial charge in [0.15, 0.2) is 29.6 Å². The maximum atomic E-state index is 13.4. The van der Waals surface area contributed by atoms with Crippen molar-refractivity contribution in [1.29, 1.82) is 0 Å². The van der Waals surface area contributed by atoms with Gasteiger partial charge in [-0.1, -0.05) is 37.3 Å². The van der Waals surface area contributed by atoms with Gasteiger partial charge in [-0.2, -0.15) is 13.2 Å². The molecule has 0 aliphatic heterocycles. The Balaban J connectivity index is 1.48. The second-order valence-electron chi connectivity index (χ2n) is 10.1. The Labute approximate surface area is 285 Å². The summed E-state index contributed by atoms with van der Waals surface area (Å²) in [5.41, 5.74) is 2.92. The molecule has 0 radical (unpaired) electrons. The van der Waals surface area contributed by atoms with Crippen molar-refractivity contribution in [3.8, 4) is 5.75 Å². The lowest BCUT2D eigenvalue weighted by atomic mass is 10.0. The fourth-order valence-electron chi connectivity index (χ4n) is 4.33. The summed E-state index contributed by atoms with van der Waals surface area (Å²) in [6.45, 7) is 0.668. The summed E-state index contributed by atoms with van der Waals surface area (Å²) in [6, 6.07) is 23.8. The highest BCUT2D eigenvalue weighted by atomic mass is 127. The summed E-state index contributed by atoms with van der Waals surface area (Å²) >= 11 is 1.54. The highest BCUT2D eigenvalue weighted by molar-refractivity contribution is 14.1.